The third-order valence-electron chi connectivity index (χ3n) is 3.65. The average molecular weight is 347 g/mol. The van der Waals surface area contributed by atoms with Crippen LogP contribution in [0.5, 0.6) is 0 Å². The van der Waals surface area contributed by atoms with Crippen LogP contribution in [-0.4, -0.2) is 21.0 Å². The van der Waals surface area contributed by atoms with E-state index in [2.05, 4.69) is 4.72 Å². The molecule has 0 aliphatic heterocycles. The summed E-state index contributed by atoms with van der Waals surface area (Å²) < 4.78 is 32.7. The van der Waals surface area contributed by atoms with Gasteiger partial charge in [0, 0.05) is 0 Å². The normalized spacial score (nSPS) is 11.1. The van der Waals surface area contributed by atoms with Gasteiger partial charge in [0.1, 0.15) is 0 Å². The average Bonchev–Trinajstić information content (AvgIpc) is 2.57. The molecule has 2 aromatic rings. The Labute approximate surface area is 142 Å². The molecule has 0 saturated carbocycles. The predicted octanol–water partition coefficient (Wildman–Crippen LogP) is 3.53. The van der Waals surface area contributed by atoms with E-state index in [1.54, 1.807) is 6.92 Å². The smallest absolute Gasteiger partial charge is 0.338 e. The lowest BCUT2D eigenvalue weighted by molar-refractivity contribution is 0.0526. The van der Waals surface area contributed by atoms with Crippen molar-refractivity contribution < 1.29 is 17.9 Å². The van der Waals surface area contributed by atoms with E-state index in [-0.39, 0.29) is 11.5 Å². The number of nitrogens with one attached hydrogen (secondary N) is 1. The highest BCUT2D eigenvalue weighted by Crippen LogP contribution is 2.24. The van der Waals surface area contributed by atoms with Gasteiger partial charge >= 0.3 is 5.97 Å². The van der Waals surface area contributed by atoms with Crippen molar-refractivity contribution >= 4 is 21.7 Å². The minimum absolute atomic E-state index is 0.0980. The number of para-hydroxylation sites is 1. The van der Waals surface area contributed by atoms with Gasteiger partial charge in [-0.2, -0.15) is 0 Å². The maximum absolute atomic E-state index is 12.6. The standard InChI is InChI=1S/C18H21NO4S/c1-4-14-8-6-7-13(3)17(14)19-24(21,22)16-11-9-15(10-12-16)18(20)23-5-2/h6-12,19H,4-5H2,1-3H3. The van der Waals surface area contributed by atoms with Crippen LogP contribution in [0.1, 0.15) is 35.3 Å². The second kappa shape index (κ2) is 7.49. The summed E-state index contributed by atoms with van der Waals surface area (Å²) in [4.78, 5) is 11.7. The maximum atomic E-state index is 12.6. The molecule has 6 heteroatoms. The van der Waals surface area contributed by atoms with Crippen molar-refractivity contribution in [1.82, 2.24) is 0 Å². The van der Waals surface area contributed by atoms with Crippen molar-refractivity contribution in [2.45, 2.75) is 32.1 Å². The number of rotatable bonds is 6. The molecule has 5 nitrogen and oxygen atoms in total. The first-order valence-electron chi connectivity index (χ1n) is 7.77. The molecule has 0 aromatic heterocycles. The van der Waals surface area contributed by atoms with Gasteiger partial charge < -0.3 is 4.74 Å². The van der Waals surface area contributed by atoms with Gasteiger partial charge in [-0.3, -0.25) is 4.72 Å². The van der Waals surface area contributed by atoms with Crippen LogP contribution in [0.3, 0.4) is 0 Å². The second-order valence-electron chi connectivity index (χ2n) is 5.31. The molecule has 2 aromatic carbocycles. The fourth-order valence-electron chi connectivity index (χ4n) is 2.35. The summed E-state index contributed by atoms with van der Waals surface area (Å²) in [5.74, 6) is -0.471. The van der Waals surface area contributed by atoms with Crippen molar-refractivity contribution in [3.05, 3.63) is 59.2 Å². The Balaban J connectivity index is 2.30. The van der Waals surface area contributed by atoms with E-state index in [9.17, 15) is 13.2 Å². The molecule has 0 heterocycles. The van der Waals surface area contributed by atoms with Crippen molar-refractivity contribution in [3.63, 3.8) is 0 Å². The van der Waals surface area contributed by atoms with E-state index in [0.29, 0.717) is 11.3 Å². The molecule has 0 spiro atoms. The lowest BCUT2D eigenvalue weighted by atomic mass is 10.1. The Kier molecular flexibility index (Phi) is 5.62. The Morgan fingerprint density at radius 2 is 1.75 bits per heavy atom. The molecular formula is C18H21NO4S. The molecule has 2 rings (SSSR count). The van der Waals surface area contributed by atoms with Crippen molar-refractivity contribution in [2.75, 3.05) is 11.3 Å². The van der Waals surface area contributed by atoms with Crippen LogP contribution in [0.2, 0.25) is 0 Å². The van der Waals surface area contributed by atoms with Crippen LogP contribution in [0.4, 0.5) is 5.69 Å². The molecule has 128 valence electrons. The first-order valence-corrected chi connectivity index (χ1v) is 9.25. The Morgan fingerprint density at radius 3 is 2.33 bits per heavy atom. The van der Waals surface area contributed by atoms with Crippen LogP contribution in [0, 0.1) is 6.92 Å². The fourth-order valence-corrected chi connectivity index (χ4v) is 3.52. The SMILES string of the molecule is CCOC(=O)c1ccc(S(=O)(=O)Nc2c(C)cccc2CC)cc1. The number of carbonyl (C=O) groups excluding carboxylic acids is 1. The first kappa shape index (κ1) is 18.0. The van der Waals surface area contributed by atoms with Gasteiger partial charge in [0.05, 0.1) is 22.8 Å². The fraction of sp³-hybridized carbons (Fsp3) is 0.278. The number of hydrogen-bond donors (Lipinski definition) is 1. The zero-order valence-corrected chi connectivity index (χ0v) is 14.8. The molecule has 0 fully saturated rings. The molecular weight excluding hydrogens is 326 g/mol. The minimum Gasteiger partial charge on any atom is -0.462 e. The molecule has 0 aliphatic carbocycles. The quantitative estimate of drug-likeness (QED) is 0.811. The summed E-state index contributed by atoms with van der Waals surface area (Å²) in [5, 5.41) is 0. The highest BCUT2D eigenvalue weighted by molar-refractivity contribution is 7.92. The number of esters is 1. The zero-order chi connectivity index (χ0) is 17.7. The van der Waals surface area contributed by atoms with Crippen molar-refractivity contribution in [1.29, 1.82) is 0 Å². The molecule has 0 saturated heterocycles. The number of hydrogen-bond acceptors (Lipinski definition) is 4. The van der Waals surface area contributed by atoms with E-state index in [0.717, 1.165) is 17.5 Å². The zero-order valence-electron chi connectivity index (χ0n) is 14.0. The van der Waals surface area contributed by atoms with Gasteiger partial charge in [0.15, 0.2) is 0 Å². The van der Waals surface area contributed by atoms with E-state index >= 15 is 0 Å². The van der Waals surface area contributed by atoms with E-state index in [1.165, 1.54) is 24.3 Å². The first-order chi connectivity index (χ1) is 11.4. The van der Waals surface area contributed by atoms with Gasteiger partial charge in [-0.05, 0) is 55.7 Å². The number of aryl methyl sites for hydroxylation is 2. The van der Waals surface area contributed by atoms with Gasteiger partial charge in [-0.25, -0.2) is 13.2 Å². The highest BCUT2D eigenvalue weighted by Gasteiger charge is 2.18. The Hall–Kier alpha value is -2.34. The molecule has 0 atom stereocenters. The molecule has 0 radical (unpaired) electrons. The molecule has 0 bridgehead atoms. The molecule has 0 aliphatic rings. The number of carbonyl (C=O) groups is 1. The molecule has 0 unspecified atom stereocenters. The minimum atomic E-state index is -3.73. The summed E-state index contributed by atoms with van der Waals surface area (Å²) in [6.45, 7) is 5.82. The Bertz CT molecular complexity index is 827. The summed E-state index contributed by atoms with van der Waals surface area (Å²) >= 11 is 0. The van der Waals surface area contributed by atoms with Crippen molar-refractivity contribution in [2.24, 2.45) is 0 Å². The van der Waals surface area contributed by atoms with Crippen LogP contribution in [0.25, 0.3) is 0 Å². The number of benzene rings is 2. The third kappa shape index (κ3) is 3.94. The predicted molar refractivity (Wildman–Crippen MR) is 93.8 cm³/mol. The summed E-state index contributed by atoms with van der Waals surface area (Å²) in [6, 6.07) is 11.4. The number of anilines is 1. The van der Waals surface area contributed by atoms with Gasteiger partial charge in [0.25, 0.3) is 10.0 Å². The number of sulfonamides is 1. The summed E-state index contributed by atoms with van der Waals surface area (Å²) in [6.07, 6.45) is 0.724. The highest BCUT2D eigenvalue weighted by atomic mass is 32.2. The Morgan fingerprint density at radius 1 is 1.08 bits per heavy atom. The topological polar surface area (TPSA) is 72.5 Å². The van der Waals surface area contributed by atoms with Crippen LogP contribution >= 0.6 is 0 Å². The maximum Gasteiger partial charge on any atom is 0.338 e. The lowest BCUT2D eigenvalue weighted by Gasteiger charge is -2.14. The summed E-state index contributed by atoms with van der Waals surface area (Å²) in [7, 11) is -3.73. The lowest BCUT2D eigenvalue weighted by Crippen LogP contribution is -2.15. The van der Waals surface area contributed by atoms with E-state index < -0.39 is 16.0 Å². The summed E-state index contributed by atoms with van der Waals surface area (Å²) in [5.41, 5.74) is 2.72. The van der Waals surface area contributed by atoms with Crippen LogP contribution in [-0.2, 0) is 21.2 Å². The van der Waals surface area contributed by atoms with Crippen LogP contribution < -0.4 is 4.72 Å². The van der Waals surface area contributed by atoms with Crippen LogP contribution in [0.15, 0.2) is 47.4 Å². The van der Waals surface area contributed by atoms with Gasteiger partial charge in [-0.1, -0.05) is 25.1 Å². The largest absolute Gasteiger partial charge is 0.462 e. The third-order valence-corrected chi connectivity index (χ3v) is 5.02. The molecule has 24 heavy (non-hydrogen) atoms. The monoisotopic (exact) mass is 347 g/mol. The second-order valence-corrected chi connectivity index (χ2v) is 7.00. The number of ether oxygens (including phenoxy) is 1. The van der Waals surface area contributed by atoms with Crippen molar-refractivity contribution in [3.8, 4) is 0 Å². The van der Waals surface area contributed by atoms with Gasteiger partial charge in [0.2, 0.25) is 0 Å². The van der Waals surface area contributed by atoms with Gasteiger partial charge in [-0.15, -0.1) is 0 Å². The van der Waals surface area contributed by atoms with E-state index in [4.69, 9.17) is 4.74 Å². The molecule has 0 amide bonds. The van der Waals surface area contributed by atoms with E-state index in [1.807, 2.05) is 32.0 Å². The molecule has 1 N–H and O–H groups in total.